The standard InChI is InChI=1S/C31H51NO6/c1-20(2)25(15-14-24-19-26(21(3)4)29(33)37-24)28(32-30(34)38-31(5,6)7)23-13-16-27(36-9)22(18-23)12-10-11-17-35-8/h13,16,18,20-21,24-26,28H,10-12,14-15,17,19H2,1-9H3,(H,32,34). The molecule has 0 spiro atoms. The molecule has 1 heterocycles. The monoisotopic (exact) mass is 533 g/mol. The van der Waals surface area contributed by atoms with E-state index in [1.807, 2.05) is 32.9 Å². The fourth-order valence-electron chi connectivity index (χ4n) is 5.28. The highest BCUT2D eigenvalue weighted by Gasteiger charge is 2.37. The van der Waals surface area contributed by atoms with Gasteiger partial charge in [-0.1, -0.05) is 39.8 Å². The first-order chi connectivity index (χ1) is 17.9. The van der Waals surface area contributed by atoms with E-state index in [-0.39, 0.29) is 41.8 Å². The van der Waals surface area contributed by atoms with Crippen molar-refractivity contribution in [3.8, 4) is 5.75 Å². The van der Waals surface area contributed by atoms with Gasteiger partial charge in [-0.05, 0) is 94.2 Å². The number of cyclic esters (lactones) is 1. The van der Waals surface area contributed by atoms with Crippen LogP contribution in [-0.2, 0) is 25.4 Å². The third kappa shape index (κ3) is 9.79. The number of carbonyl (C=O) groups excluding carboxylic acids is 2. The zero-order valence-corrected chi connectivity index (χ0v) is 25.1. The summed E-state index contributed by atoms with van der Waals surface area (Å²) in [5.74, 6) is 1.41. The first kappa shape index (κ1) is 31.9. The molecular weight excluding hydrogens is 482 g/mol. The Labute approximate surface area is 230 Å². The van der Waals surface area contributed by atoms with Crippen molar-refractivity contribution in [2.75, 3.05) is 20.8 Å². The number of alkyl carbamates (subject to hydrolysis) is 1. The second kappa shape index (κ2) is 14.8. The molecule has 0 aromatic heterocycles. The number of benzene rings is 1. The minimum Gasteiger partial charge on any atom is -0.496 e. The number of carbonyl (C=O) groups is 2. The molecule has 0 radical (unpaired) electrons. The Balaban J connectivity index is 2.32. The fraction of sp³-hybridized carbons (Fsp3) is 0.742. The van der Waals surface area contributed by atoms with Gasteiger partial charge in [0.1, 0.15) is 17.5 Å². The molecule has 4 atom stereocenters. The number of hydrogen-bond acceptors (Lipinski definition) is 6. The van der Waals surface area contributed by atoms with E-state index in [0.29, 0.717) is 0 Å². The number of aryl methyl sites for hydroxylation is 1. The zero-order chi connectivity index (χ0) is 28.5. The summed E-state index contributed by atoms with van der Waals surface area (Å²) in [5.41, 5.74) is 1.54. The number of methoxy groups -OCH3 is 2. The van der Waals surface area contributed by atoms with Crippen molar-refractivity contribution in [1.29, 1.82) is 0 Å². The van der Waals surface area contributed by atoms with Crippen LogP contribution in [0.4, 0.5) is 4.79 Å². The first-order valence-corrected chi connectivity index (χ1v) is 14.2. The Morgan fingerprint density at radius 3 is 2.39 bits per heavy atom. The van der Waals surface area contributed by atoms with Crippen LogP contribution in [0.1, 0.15) is 97.7 Å². The molecule has 1 amide bonds. The first-order valence-electron chi connectivity index (χ1n) is 14.2. The molecule has 2 rings (SSSR count). The molecule has 1 aromatic carbocycles. The van der Waals surface area contributed by atoms with E-state index in [2.05, 4.69) is 39.1 Å². The van der Waals surface area contributed by atoms with E-state index in [0.717, 1.165) is 62.0 Å². The quantitative estimate of drug-likeness (QED) is 0.208. The molecule has 1 saturated heterocycles. The fourth-order valence-corrected chi connectivity index (χ4v) is 5.28. The lowest BCUT2D eigenvalue weighted by Gasteiger charge is -2.33. The lowest BCUT2D eigenvalue weighted by molar-refractivity contribution is -0.145. The summed E-state index contributed by atoms with van der Waals surface area (Å²) in [5, 5.41) is 3.19. The molecule has 0 bridgehead atoms. The summed E-state index contributed by atoms with van der Waals surface area (Å²) < 4.78 is 22.3. The van der Waals surface area contributed by atoms with Gasteiger partial charge in [-0.2, -0.15) is 0 Å². The van der Waals surface area contributed by atoms with Gasteiger partial charge in [0.05, 0.1) is 19.1 Å². The van der Waals surface area contributed by atoms with E-state index in [4.69, 9.17) is 18.9 Å². The van der Waals surface area contributed by atoms with Crippen LogP contribution in [0.3, 0.4) is 0 Å². The van der Waals surface area contributed by atoms with Crippen molar-refractivity contribution in [2.24, 2.45) is 23.7 Å². The minimum absolute atomic E-state index is 0.0320. The molecule has 0 aliphatic carbocycles. The lowest BCUT2D eigenvalue weighted by atomic mass is 9.79. The van der Waals surface area contributed by atoms with Crippen molar-refractivity contribution in [3.63, 3.8) is 0 Å². The van der Waals surface area contributed by atoms with E-state index in [9.17, 15) is 9.59 Å². The Morgan fingerprint density at radius 2 is 1.84 bits per heavy atom. The average Bonchev–Trinajstić information content (AvgIpc) is 3.20. The maximum absolute atomic E-state index is 13.0. The highest BCUT2D eigenvalue weighted by molar-refractivity contribution is 5.74. The second-order valence-corrected chi connectivity index (χ2v) is 12.3. The molecule has 216 valence electrons. The number of unbranched alkanes of at least 4 members (excludes halogenated alkanes) is 1. The van der Waals surface area contributed by atoms with Gasteiger partial charge >= 0.3 is 12.1 Å². The molecule has 7 nitrogen and oxygen atoms in total. The normalized spacial score (nSPS) is 19.4. The van der Waals surface area contributed by atoms with Gasteiger partial charge < -0.3 is 24.3 Å². The minimum atomic E-state index is -0.599. The number of ether oxygens (including phenoxy) is 4. The Hall–Kier alpha value is -2.28. The van der Waals surface area contributed by atoms with Crippen LogP contribution >= 0.6 is 0 Å². The van der Waals surface area contributed by atoms with Crippen LogP contribution in [0, 0.1) is 23.7 Å². The van der Waals surface area contributed by atoms with E-state index in [1.54, 1.807) is 14.2 Å². The molecule has 4 unspecified atom stereocenters. The number of hydrogen-bond donors (Lipinski definition) is 1. The SMILES string of the molecule is COCCCCc1cc(C(NC(=O)OC(C)(C)C)C(CCC2CC(C(C)C)C(=O)O2)C(C)C)ccc1OC. The van der Waals surface area contributed by atoms with Crippen LogP contribution in [0.2, 0.25) is 0 Å². The molecule has 1 aliphatic rings. The summed E-state index contributed by atoms with van der Waals surface area (Å²) in [6, 6.07) is 5.94. The number of rotatable bonds is 14. The van der Waals surface area contributed by atoms with Gasteiger partial charge in [0.15, 0.2) is 0 Å². The summed E-state index contributed by atoms with van der Waals surface area (Å²) in [6.07, 6.45) is 4.65. The maximum atomic E-state index is 13.0. The summed E-state index contributed by atoms with van der Waals surface area (Å²) in [7, 11) is 3.41. The van der Waals surface area contributed by atoms with E-state index >= 15 is 0 Å². The van der Waals surface area contributed by atoms with Crippen molar-refractivity contribution < 1.29 is 28.5 Å². The van der Waals surface area contributed by atoms with Gasteiger partial charge in [0.25, 0.3) is 0 Å². The Bertz CT molecular complexity index is 891. The molecule has 7 heteroatoms. The molecule has 1 aliphatic heterocycles. The molecule has 38 heavy (non-hydrogen) atoms. The predicted octanol–water partition coefficient (Wildman–Crippen LogP) is 6.87. The Morgan fingerprint density at radius 1 is 1.13 bits per heavy atom. The number of amides is 1. The number of nitrogens with one attached hydrogen (secondary N) is 1. The smallest absolute Gasteiger partial charge is 0.408 e. The zero-order valence-electron chi connectivity index (χ0n) is 25.1. The van der Waals surface area contributed by atoms with Crippen molar-refractivity contribution in [1.82, 2.24) is 5.32 Å². The second-order valence-electron chi connectivity index (χ2n) is 12.3. The molecule has 1 fully saturated rings. The van der Waals surface area contributed by atoms with E-state index < -0.39 is 11.7 Å². The molecule has 0 saturated carbocycles. The maximum Gasteiger partial charge on any atom is 0.408 e. The van der Waals surface area contributed by atoms with Crippen LogP contribution in [0.15, 0.2) is 18.2 Å². The molecular formula is C31H51NO6. The topological polar surface area (TPSA) is 83.1 Å². The lowest BCUT2D eigenvalue weighted by Crippen LogP contribution is -2.39. The van der Waals surface area contributed by atoms with Gasteiger partial charge in [0, 0.05) is 13.7 Å². The number of esters is 1. The summed E-state index contributed by atoms with van der Waals surface area (Å²) in [6.45, 7) is 14.8. The van der Waals surface area contributed by atoms with Crippen molar-refractivity contribution in [3.05, 3.63) is 29.3 Å². The van der Waals surface area contributed by atoms with Crippen LogP contribution in [-0.4, -0.2) is 44.6 Å². The highest BCUT2D eigenvalue weighted by atomic mass is 16.6. The van der Waals surface area contributed by atoms with Gasteiger partial charge in [0.2, 0.25) is 0 Å². The van der Waals surface area contributed by atoms with Crippen molar-refractivity contribution >= 4 is 12.1 Å². The Kier molecular flexibility index (Phi) is 12.4. The predicted molar refractivity (Wildman–Crippen MR) is 150 cm³/mol. The third-order valence-corrected chi connectivity index (χ3v) is 7.39. The summed E-state index contributed by atoms with van der Waals surface area (Å²) in [4.78, 5) is 25.3. The third-order valence-electron chi connectivity index (χ3n) is 7.39. The highest BCUT2D eigenvalue weighted by Crippen LogP contribution is 2.37. The summed E-state index contributed by atoms with van der Waals surface area (Å²) >= 11 is 0. The largest absolute Gasteiger partial charge is 0.496 e. The van der Waals surface area contributed by atoms with Crippen LogP contribution < -0.4 is 10.1 Å². The van der Waals surface area contributed by atoms with Gasteiger partial charge in [-0.3, -0.25) is 4.79 Å². The average molecular weight is 534 g/mol. The molecule has 1 aromatic rings. The van der Waals surface area contributed by atoms with Crippen molar-refractivity contribution in [2.45, 2.75) is 105 Å². The van der Waals surface area contributed by atoms with E-state index in [1.165, 1.54) is 0 Å². The van der Waals surface area contributed by atoms with Gasteiger partial charge in [-0.25, -0.2) is 4.79 Å². The van der Waals surface area contributed by atoms with Crippen LogP contribution in [0.25, 0.3) is 0 Å². The molecule has 1 N–H and O–H groups in total. The van der Waals surface area contributed by atoms with Crippen LogP contribution in [0.5, 0.6) is 5.75 Å². The van der Waals surface area contributed by atoms with Gasteiger partial charge in [-0.15, -0.1) is 0 Å².